The van der Waals surface area contributed by atoms with Gasteiger partial charge in [-0.2, -0.15) is 0 Å². The molecule has 0 spiro atoms. The minimum absolute atomic E-state index is 0.325. The monoisotopic (exact) mass is 832 g/mol. The number of hydrogen-bond acceptors (Lipinski definition) is 2. The number of rotatable bonds is 17. The number of unbranched alkanes of at least 4 members (excludes halogenated alkanes) is 6. The van der Waals surface area contributed by atoms with Gasteiger partial charge < -0.3 is 9.31 Å². The Balaban J connectivity index is 0.000000203. The first-order valence-corrected chi connectivity index (χ1v) is 22.4. The maximum atomic E-state index is 6.26. The SMILES string of the molecule is Brc1cccc(-c2cccc(CCCCCCc3ccccc3)c2)c1.CC1(C)OB(c2cccc(-c3cccc(CCCCCCc4ccccc4)c3)c2)OC1(C)C. The van der Waals surface area contributed by atoms with E-state index in [4.69, 9.17) is 9.31 Å². The molecule has 0 bridgehead atoms. The van der Waals surface area contributed by atoms with E-state index in [1.165, 1.54) is 115 Å². The van der Waals surface area contributed by atoms with Crippen molar-refractivity contribution >= 4 is 28.5 Å². The lowest BCUT2D eigenvalue weighted by Gasteiger charge is -2.32. The average molecular weight is 834 g/mol. The summed E-state index contributed by atoms with van der Waals surface area (Å²) in [6.07, 6.45) is 15.0. The minimum Gasteiger partial charge on any atom is -0.399 e. The first-order chi connectivity index (χ1) is 28.1. The summed E-state index contributed by atoms with van der Waals surface area (Å²) in [7, 11) is -0.325. The van der Waals surface area contributed by atoms with Crippen molar-refractivity contribution < 1.29 is 9.31 Å². The summed E-state index contributed by atoms with van der Waals surface area (Å²) in [4.78, 5) is 0. The molecule has 1 aliphatic heterocycles. The summed E-state index contributed by atoms with van der Waals surface area (Å²) in [6.45, 7) is 8.40. The van der Waals surface area contributed by atoms with Crippen LogP contribution in [0.1, 0.15) is 101 Å². The van der Waals surface area contributed by atoms with Crippen molar-refractivity contribution in [1.82, 2.24) is 0 Å². The molecular weight excluding hydrogens is 771 g/mol. The third kappa shape index (κ3) is 13.1. The molecule has 4 heteroatoms. The predicted molar refractivity (Wildman–Crippen MR) is 252 cm³/mol. The lowest BCUT2D eigenvalue weighted by atomic mass is 9.78. The lowest BCUT2D eigenvalue weighted by molar-refractivity contribution is 0.00578. The van der Waals surface area contributed by atoms with Crippen LogP contribution in [0.25, 0.3) is 22.3 Å². The van der Waals surface area contributed by atoms with Gasteiger partial charge in [0.2, 0.25) is 0 Å². The molecule has 0 N–H and O–H groups in total. The molecular formula is C54H62BBrO2. The quantitative estimate of drug-likeness (QED) is 0.0673. The van der Waals surface area contributed by atoms with E-state index < -0.39 is 0 Å². The Hall–Kier alpha value is -4.22. The van der Waals surface area contributed by atoms with E-state index in [1.807, 2.05) is 0 Å². The molecule has 0 aromatic heterocycles. The van der Waals surface area contributed by atoms with Gasteiger partial charge in [0.25, 0.3) is 0 Å². The van der Waals surface area contributed by atoms with Crippen molar-refractivity contribution in [2.75, 3.05) is 0 Å². The molecule has 0 aliphatic carbocycles. The second kappa shape index (κ2) is 21.7. The van der Waals surface area contributed by atoms with Crippen LogP contribution in [0.15, 0.2) is 162 Å². The highest BCUT2D eigenvalue weighted by Gasteiger charge is 2.51. The van der Waals surface area contributed by atoms with Crippen molar-refractivity contribution in [3.63, 3.8) is 0 Å². The lowest BCUT2D eigenvalue weighted by Crippen LogP contribution is -2.41. The van der Waals surface area contributed by atoms with Gasteiger partial charge in [0.05, 0.1) is 11.2 Å². The Morgan fingerprint density at radius 2 is 0.741 bits per heavy atom. The van der Waals surface area contributed by atoms with E-state index in [0.717, 1.165) is 16.4 Å². The highest BCUT2D eigenvalue weighted by Crippen LogP contribution is 2.37. The Labute approximate surface area is 358 Å². The van der Waals surface area contributed by atoms with Crippen molar-refractivity contribution in [2.24, 2.45) is 0 Å². The zero-order valence-corrected chi connectivity index (χ0v) is 36.9. The molecule has 1 saturated heterocycles. The fourth-order valence-corrected chi connectivity index (χ4v) is 8.04. The molecule has 7 rings (SSSR count). The molecule has 1 fully saturated rings. The van der Waals surface area contributed by atoms with Gasteiger partial charge in [0, 0.05) is 4.47 Å². The minimum atomic E-state index is -0.325. The Morgan fingerprint density at radius 3 is 1.19 bits per heavy atom. The molecule has 0 saturated carbocycles. The maximum Gasteiger partial charge on any atom is 0.494 e. The second-order valence-corrected chi connectivity index (χ2v) is 17.8. The topological polar surface area (TPSA) is 18.5 Å². The van der Waals surface area contributed by atoms with Crippen LogP contribution in [-0.4, -0.2) is 18.3 Å². The molecule has 2 nitrogen and oxygen atoms in total. The number of aryl methyl sites for hydroxylation is 4. The summed E-state index contributed by atoms with van der Waals surface area (Å²) in [5.74, 6) is 0. The highest BCUT2D eigenvalue weighted by molar-refractivity contribution is 9.10. The molecule has 1 aliphatic rings. The number of benzene rings is 6. The van der Waals surface area contributed by atoms with E-state index >= 15 is 0 Å². The van der Waals surface area contributed by atoms with Crippen molar-refractivity contribution in [1.29, 1.82) is 0 Å². The van der Waals surface area contributed by atoms with Gasteiger partial charge in [-0.15, -0.1) is 0 Å². The summed E-state index contributed by atoms with van der Waals surface area (Å²) in [6, 6.07) is 56.7. The number of halogens is 1. The van der Waals surface area contributed by atoms with Crippen LogP contribution in [0.5, 0.6) is 0 Å². The third-order valence-electron chi connectivity index (χ3n) is 11.8. The largest absolute Gasteiger partial charge is 0.494 e. The first-order valence-electron chi connectivity index (χ1n) is 21.6. The Kier molecular flexibility index (Phi) is 16.2. The van der Waals surface area contributed by atoms with Crippen molar-refractivity contribution in [3.8, 4) is 22.3 Å². The molecule has 6 aromatic rings. The van der Waals surface area contributed by atoms with Gasteiger partial charge in [-0.05, 0) is 141 Å². The molecule has 0 atom stereocenters. The van der Waals surface area contributed by atoms with E-state index in [1.54, 1.807) is 0 Å². The van der Waals surface area contributed by atoms with E-state index in [9.17, 15) is 0 Å². The molecule has 6 aromatic carbocycles. The summed E-state index contributed by atoms with van der Waals surface area (Å²) >= 11 is 3.56. The normalized spacial score (nSPS) is 14.2. The van der Waals surface area contributed by atoms with Gasteiger partial charge in [-0.3, -0.25) is 0 Å². The summed E-state index contributed by atoms with van der Waals surface area (Å²) in [5.41, 5.74) is 11.3. The van der Waals surface area contributed by atoms with Crippen LogP contribution >= 0.6 is 15.9 Å². The van der Waals surface area contributed by atoms with Crippen LogP contribution in [0.4, 0.5) is 0 Å². The maximum absolute atomic E-state index is 6.26. The zero-order valence-electron chi connectivity index (χ0n) is 35.3. The van der Waals surface area contributed by atoms with E-state index in [0.29, 0.717) is 0 Å². The van der Waals surface area contributed by atoms with Gasteiger partial charge >= 0.3 is 7.12 Å². The fourth-order valence-electron chi connectivity index (χ4n) is 7.64. The molecule has 0 unspecified atom stereocenters. The molecule has 1 heterocycles. The third-order valence-corrected chi connectivity index (χ3v) is 12.3. The smallest absolute Gasteiger partial charge is 0.399 e. The van der Waals surface area contributed by atoms with Gasteiger partial charge in [-0.25, -0.2) is 0 Å². The molecule has 58 heavy (non-hydrogen) atoms. The molecule has 0 radical (unpaired) electrons. The Morgan fingerprint density at radius 1 is 0.379 bits per heavy atom. The summed E-state index contributed by atoms with van der Waals surface area (Å²) < 4.78 is 13.6. The predicted octanol–water partition coefficient (Wildman–Crippen LogP) is 14.5. The van der Waals surface area contributed by atoms with Crippen LogP contribution in [0.2, 0.25) is 0 Å². The van der Waals surface area contributed by atoms with Crippen LogP contribution in [0, 0.1) is 0 Å². The highest BCUT2D eigenvalue weighted by atomic mass is 79.9. The van der Waals surface area contributed by atoms with Crippen LogP contribution in [0.3, 0.4) is 0 Å². The molecule has 300 valence electrons. The number of hydrogen-bond donors (Lipinski definition) is 0. The van der Waals surface area contributed by atoms with E-state index in [2.05, 4.69) is 201 Å². The first kappa shape index (κ1) is 43.4. The standard InChI is InChI=1S/C30H37BO2.C24H25Br/c1-29(2)30(3,4)33-31(32-29)28-21-13-20-27(23-28)26-19-12-18-25(22-26)17-9-6-5-8-14-24-15-10-7-11-16-24;25-24-17-9-16-23(19-24)22-15-8-14-21(18-22)13-5-2-1-4-10-20-11-6-3-7-12-20/h7,10-13,15-16,18-23H,5-6,8-9,14,17H2,1-4H3;3,6-9,11-12,14-19H,1-2,4-5,10,13H2. The van der Waals surface area contributed by atoms with Crippen molar-refractivity contribution in [3.05, 3.63) is 184 Å². The Bertz CT molecular complexity index is 2110. The van der Waals surface area contributed by atoms with Gasteiger partial charge in [0.15, 0.2) is 0 Å². The average Bonchev–Trinajstić information content (AvgIpc) is 3.47. The van der Waals surface area contributed by atoms with Crippen molar-refractivity contribution in [2.45, 2.75) is 116 Å². The van der Waals surface area contributed by atoms with Gasteiger partial charge in [0.1, 0.15) is 0 Å². The van der Waals surface area contributed by atoms with Gasteiger partial charge in [-0.1, -0.05) is 187 Å². The zero-order chi connectivity index (χ0) is 40.6. The molecule has 0 amide bonds. The van der Waals surface area contributed by atoms with Crippen LogP contribution in [-0.2, 0) is 35.0 Å². The van der Waals surface area contributed by atoms with E-state index in [-0.39, 0.29) is 18.3 Å². The van der Waals surface area contributed by atoms with Crippen LogP contribution < -0.4 is 5.46 Å². The fraction of sp³-hybridized carbons (Fsp3) is 0.333. The second-order valence-electron chi connectivity index (χ2n) is 16.9. The summed E-state index contributed by atoms with van der Waals surface area (Å²) in [5, 5.41) is 0.